The summed E-state index contributed by atoms with van der Waals surface area (Å²) in [7, 11) is 0. The highest BCUT2D eigenvalue weighted by atomic mass is 14.6. The van der Waals surface area contributed by atoms with Crippen LogP contribution in [0.15, 0.2) is 61.1 Å². The third kappa shape index (κ3) is 1.23. The smallest absolute Gasteiger partial charge is 0.0708 e. The summed E-state index contributed by atoms with van der Waals surface area (Å²) in [6.45, 7) is 0. The van der Waals surface area contributed by atoms with Gasteiger partial charge in [-0.2, -0.15) is 0 Å². The summed E-state index contributed by atoms with van der Waals surface area (Å²) in [6, 6.07) is 14.5. The van der Waals surface area contributed by atoms with Gasteiger partial charge in [-0.15, -0.1) is 0 Å². The highest BCUT2D eigenvalue weighted by molar-refractivity contribution is 6.18. The first-order valence-electron chi connectivity index (χ1n) is 5.94. The van der Waals surface area contributed by atoms with Crippen molar-refractivity contribution < 1.29 is 0 Å². The number of aromatic nitrogens is 2. The second-order valence-corrected chi connectivity index (χ2v) is 4.40. The van der Waals surface area contributed by atoms with Gasteiger partial charge in [0.15, 0.2) is 0 Å². The fraction of sp³-hybridized carbons (Fsp3) is 0. The summed E-state index contributed by atoms with van der Waals surface area (Å²) in [5.41, 5.74) is 1.04. The monoisotopic (exact) mass is 230 g/mol. The van der Waals surface area contributed by atoms with E-state index in [0.29, 0.717) is 0 Å². The highest BCUT2D eigenvalue weighted by Gasteiger charge is 2.05. The molecule has 4 aromatic rings. The molecule has 0 atom stereocenters. The van der Waals surface area contributed by atoms with Gasteiger partial charge in [0.1, 0.15) is 0 Å². The van der Waals surface area contributed by atoms with Crippen LogP contribution >= 0.6 is 0 Å². The van der Waals surface area contributed by atoms with Crippen LogP contribution in [0.4, 0.5) is 0 Å². The molecule has 0 N–H and O–H groups in total. The predicted molar refractivity (Wildman–Crippen MR) is 74.6 cm³/mol. The Bertz CT molecular complexity index is 811. The van der Waals surface area contributed by atoms with Crippen LogP contribution in [-0.2, 0) is 0 Å². The lowest BCUT2D eigenvalue weighted by Gasteiger charge is -2.06. The van der Waals surface area contributed by atoms with Crippen LogP contribution in [0, 0.1) is 0 Å². The van der Waals surface area contributed by atoms with Gasteiger partial charge in [-0.05, 0) is 17.5 Å². The molecule has 0 radical (unpaired) electrons. The number of fused-ring (bicyclic) bond motifs is 5. The summed E-state index contributed by atoms with van der Waals surface area (Å²) in [5, 5.41) is 6.04. The number of hydrogen-bond acceptors (Lipinski definition) is 2. The molecule has 2 aromatic carbocycles. The average Bonchev–Trinajstić information content (AvgIpc) is 2.46. The zero-order valence-electron chi connectivity index (χ0n) is 9.67. The van der Waals surface area contributed by atoms with E-state index in [9.17, 15) is 0 Å². The van der Waals surface area contributed by atoms with Crippen molar-refractivity contribution >= 4 is 32.4 Å². The van der Waals surface area contributed by atoms with Crippen molar-refractivity contribution in [3.63, 3.8) is 0 Å². The molecule has 2 nitrogen and oxygen atoms in total. The molecule has 0 unspecified atom stereocenters. The van der Waals surface area contributed by atoms with E-state index in [1.54, 1.807) is 0 Å². The Morgan fingerprint density at radius 1 is 0.722 bits per heavy atom. The van der Waals surface area contributed by atoms with E-state index >= 15 is 0 Å². The van der Waals surface area contributed by atoms with Crippen molar-refractivity contribution in [3.05, 3.63) is 61.1 Å². The molecule has 0 aliphatic heterocycles. The molecule has 18 heavy (non-hydrogen) atoms. The van der Waals surface area contributed by atoms with Gasteiger partial charge in [-0.25, -0.2) is 0 Å². The van der Waals surface area contributed by atoms with Gasteiger partial charge in [0, 0.05) is 40.1 Å². The summed E-state index contributed by atoms with van der Waals surface area (Å²) in [5.74, 6) is 0. The standard InChI is InChI=1S/C16H10N2/c1-2-4-15-14(3-1)16-12(10-18-15)6-5-11-9-17-8-7-13(11)16/h1-10H. The zero-order chi connectivity index (χ0) is 11.9. The van der Waals surface area contributed by atoms with Gasteiger partial charge >= 0.3 is 0 Å². The number of pyridine rings is 2. The topological polar surface area (TPSA) is 25.8 Å². The van der Waals surface area contributed by atoms with E-state index in [1.165, 1.54) is 26.9 Å². The van der Waals surface area contributed by atoms with Crippen molar-refractivity contribution in [3.8, 4) is 0 Å². The fourth-order valence-electron chi connectivity index (χ4n) is 2.53. The van der Waals surface area contributed by atoms with Crippen LogP contribution in [0.3, 0.4) is 0 Å². The molecule has 0 amide bonds. The number of rotatable bonds is 0. The normalized spacial score (nSPS) is 11.3. The summed E-state index contributed by atoms with van der Waals surface area (Å²) in [4.78, 5) is 8.68. The van der Waals surface area contributed by atoms with Crippen LogP contribution < -0.4 is 0 Å². The van der Waals surface area contributed by atoms with E-state index in [4.69, 9.17) is 0 Å². The first-order chi connectivity index (χ1) is 8.93. The van der Waals surface area contributed by atoms with Crippen molar-refractivity contribution in [2.45, 2.75) is 0 Å². The Labute approximate surface area is 104 Å². The molecule has 84 valence electrons. The lowest BCUT2D eigenvalue weighted by atomic mass is 10.0. The first-order valence-corrected chi connectivity index (χ1v) is 5.94. The van der Waals surface area contributed by atoms with Gasteiger partial charge < -0.3 is 0 Å². The Hall–Kier alpha value is -2.48. The van der Waals surface area contributed by atoms with Crippen molar-refractivity contribution in [2.24, 2.45) is 0 Å². The third-order valence-electron chi connectivity index (χ3n) is 3.37. The Morgan fingerprint density at radius 2 is 1.61 bits per heavy atom. The molecule has 0 saturated heterocycles. The predicted octanol–water partition coefficient (Wildman–Crippen LogP) is 3.94. The molecule has 0 aliphatic rings. The van der Waals surface area contributed by atoms with E-state index in [1.807, 2.05) is 24.7 Å². The number of para-hydroxylation sites is 1. The fourth-order valence-corrected chi connectivity index (χ4v) is 2.53. The molecular formula is C16H10N2. The maximum atomic E-state index is 4.50. The third-order valence-corrected chi connectivity index (χ3v) is 3.37. The summed E-state index contributed by atoms with van der Waals surface area (Å²) < 4.78 is 0. The van der Waals surface area contributed by atoms with E-state index < -0.39 is 0 Å². The summed E-state index contributed by atoms with van der Waals surface area (Å²) >= 11 is 0. The van der Waals surface area contributed by atoms with Crippen molar-refractivity contribution in [1.29, 1.82) is 0 Å². The van der Waals surface area contributed by atoms with Gasteiger partial charge in [-0.3, -0.25) is 9.97 Å². The molecule has 2 heterocycles. The number of nitrogens with zero attached hydrogens (tertiary/aromatic N) is 2. The van der Waals surface area contributed by atoms with Crippen LogP contribution in [0.2, 0.25) is 0 Å². The quantitative estimate of drug-likeness (QED) is 0.428. The Balaban J connectivity index is 2.38. The largest absolute Gasteiger partial charge is 0.264 e. The molecule has 0 aliphatic carbocycles. The molecule has 0 saturated carbocycles. The highest BCUT2D eigenvalue weighted by Crippen LogP contribution is 2.30. The van der Waals surface area contributed by atoms with Gasteiger partial charge in [0.2, 0.25) is 0 Å². The van der Waals surface area contributed by atoms with Crippen LogP contribution in [0.1, 0.15) is 0 Å². The van der Waals surface area contributed by atoms with Crippen LogP contribution in [-0.4, -0.2) is 9.97 Å². The molecule has 0 bridgehead atoms. The molecular weight excluding hydrogens is 220 g/mol. The minimum absolute atomic E-state index is 1.04. The van der Waals surface area contributed by atoms with Crippen molar-refractivity contribution in [2.75, 3.05) is 0 Å². The van der Waals surface area contributed by atoms with Crippen molar-refractivity contribution in [1.82, 2.24) is 9.97 Å². The maximum absolute atomic E-state index is 4.50. The van der Waals surface area contributed by atoms with Crippen LogP contribution in [0.25, 0.3) is 32.4 Å². The maximum Gasteiger partial charge on any atom is 0.0708 e. The van der Waals surface area contributed by atoms with E-state index in [2.05, 4.69) is 46.4 Å². The SMILES string of the molecule is c1ccc2c(c1)ncc1ccc3cnccc3c12. The van der Waals surface area contributed by atoms with E-state index in [-0.39, 0.29) is 0 Å². The zero-order valence-corrected chi connectivity index (χ0v) is 9.67. The molecule has 4 rings (SSSR count). The molecule has 2 aromatic heterocycles. The van der Waals surface area contributed by atoms with Gasteiger partial charge in [-0.1, -0.05) is 30.3 Å². The second kappa shape index (κ2) is 3.50. The first kappa shape index (κ1) is 9.54. The van der Waals surface area contributed by atoms with Crippen LogP contribution in [0.5, 0.6) is 0 Å². The van der Waals surface area contributed by atoms with Gasteiger partial charge in [0.05, 0.1) is 5.52 Å². The summed E-state index contributed by atoms with van der Waals surface area (Å²) in [6.07, 6.45) is 5.69. The minimum Gasteiger partial charge on any atom is -0.264 e. The number of benzene rings is 2. The molecule has 2 heteroatoms. The lowest BCUT2D eigenvalue weighted by Crippen LogP contribution is -1.84. The molecule has 0 fully saturated rings. The lowest BCUT2D eigenvalue weighted by molar-refractivity contribution is 1.37. The second-order valence-electron chi connectivity index (χ2n) is 4.40. The average molecular weight is 230 g/mol. The Kier molecular flexibility index (Phi) is 1.86. The number of hydrogen-bond donors (Lipinski definition) is 0. The minimum atomic E-state index is 1.04. The molecule has 0 spiro atoms. The van der Waals surface area contributed by atoms with E-state index in [0.717, 1.165) is 5.52 Å². The Morgan fingerprint density at radius 3 is 2.61 bits per heavy atom. The van der Waals surface area contributed by atoms with Gasteiger partial charge in [0.25, 0.3) is 0 Å².